The maximum absolute atomic E-state index is 14.8. The third-order valence-corrected chi connectivity index (χ3v) is 5.45. The Labute approximate surface area is 167 Å². The highest BCUT2D eigenvalue weighted by Crippen LogP contribution is 2.37. The van der Waals surface area contributed by atoms with Crippen molar-refractivity contribution >= 4 is 28.2 Å². The molecule has 3 aromatic carbocycles. The summed E-state index contributed by atoms with van der Waals surface area (Å²) in [6, 6.07) is 21.6. The maximum Gasteiger partial charge on any atom is 0.256 e. The Hall–Kier alpha value is -3.73. The molecule has 5 heteroatoms. The minimum absolute atomic E-state index is 0.263. The summed E-state index contributed by atoms with van der Waals surface area (Å²) in [5, 5.41) is 3.91. The molecule has 0 saturated heterocycles. The van der Waals surface area contributed by atoms with Gasteiger partial charge in [0.15, 0.2) is 5.54 Å². The fourth-order valence-corrected chi connectivity index (χ4v) is 3.89. The average molecular weight is 383 g/mol. The van der Waals surface area contributed by atoms with Crippen LogP contribution in [-0.4, -0.2) is 16.6 Å². The molecule has 4 aromatic rings. The number of para-hydroxylation sites is 2. The molecule has 0 spiro atoms. The smallest absolute Gasteiger partial charge is 0.256 e. The number of nitrogens with zero attached hydrogens (tertiary/aromatic N) is 1. The van der Waals surface area contributed by atoms with Crippen LogP contribution in [0, 0.1) is 5.82 Å². The number of amides is 1. The van der Waals surface area contributed by atoms with E-state index in [1.807, 2.05) is 54.7 Å². The number of anilines is 1. The van der Waals surface area contributed by atoms with E-state index in [9.17, 15) is 9.18 Å². The number of rotatable bonds is 2. The van der Waals surface area contributed by atoms with Crippen LogP contribution in [0.2, 0.25) is 0 Å². The van der Waals surface area contributed by atoms with Crippen LogP contribution in [0.25, 0.3) is 10.9 Å². The third kappa shape index (κ3) is 2.66. The minimum Gasteiger partial charge on any atom is -0.361 e. The largest absolute Gasteiger partial charge is 0.361 e. The Morgan fingerprint density at radius 1 is 0.897 bits per heavy atom. The predicted octanol–water partition coefficient (Wildman–Crippen LogP) is 5.01. The van der Waals surface area contributed by atoms with Gasteiger partial charge < -0.3 is 10.3 Å². The van der Waals surface area contributed by atoms with Crippen LogP contribution < -0.4 is 5.32 Å². The van der Waals surface area contributed by atoms with Crippen molar-refractivity contribution in [1.29, 1.82) is 0 Å². The number of halogens is 1. The van der Waals surface area contributed by atoms with Crippen molar-refractivity contribution in [3.05, 3.63) is 102 Å². The second-order valence-electron chi connectivity index (χ2n) is 7.26. The topological polar surface area (TPSA) is 57.2 Å². The van der Waals surface area contributed by atoms with E-state index in [0.717, 1.165) is 16.5 Å². The standard InChI is InChI=1S/C24H18FN3O/c1-24(18-14-26-20-12-6-3-8-15(18)20)23(29)27-21-13-7-4-10-17(21)22(28-24)16-9-2-5-11-19(16)25/h2-14,26H,1H3,(H,27,29)/t24-/m0/s1. The number of hydrogen-bond donors (Lipinski definition) is 2. The lowest BCUT2D eigenvalue weighted by Gasteiger charge is -2.23. The first-order chi connectivity index (χ1) is 14.1. The van der Waals surface area contributed by atoms with Gasteiger partial charge in [-0.3, -0.25) is 9.79 Å². The highest BCUT2D eigenvalue weighted by atomic mass is 19.1. The molecule has 0 unspecified atom stereocenters. The maximum atomic E-state index is 14.8. The molecule has 1 aromatic heterocycles. The molecule has 4 nitrogen and oxygen atoms in total. The van der Waals surface area contributed by atoms with Crippen LogP contribution in [0.5, 0.6) is 0 Å². The van der Waals surface area contributed by atoms with Crippen LogP contribution >= 0.6 is 0 Å². The van der Waals surface area contributed by atoms with Gasteiger partial charge in [-0.05, 0) is 31.2 Å². The third-order valence-electron chi connectivity index (χ3n) is 5.45. The summed E-state index contributed by atoms with van der Waals surface area (Å²) in [6.45, 7) is 1.77. The lowest BCUT2D eigenvalue weighted by molar-refractivity contribution is -0.120. The molecule has 1 atom stereocenters. The van der Waals surface area contributed by atoms with E-state index in [4.69, 9.17) is 4.99 Å². The summed E-state index contributed by atoms with van der Waals surface area (Å²) in [5.74, 6) is -0.641. The molecule has 1 aliphatic heterocycles. The Balaban J connectivity index is 1.82. The monoisotopic (exact) mass is 383 g/mol. The SMILES string of the molecule is C[C@@]1(c2c[nH]c3ccccc23)N=C(c2ccccc2F)c2ccccc2NC1=O. The zero-order valence-electron chi connectivity index (χ0n) is 15.7. The Kier molecular flexibility index (Phi) is 3.84. The summed E-state index contributed by atoms with van der Waals surface area (Å²) >= 11 is 0. The van der Waals surface area contributed by atoms with Crippen LogP contribution in [0.1, 0.15) is 23.6 Å². The molecule has 5 rings (SSSR count). The van der Waals surface area contributed by atoms with Crippen molar-refractivity contribution in [2.75, 3.05) is 5.32 Å². The second kappa shape index (κ2) is 6.41. The number of nitrogens with one attached hydrogen (secondary N) is 2. The number of benzene rings is 3. The van der Waals surface area contributed by atoms with Crippen LogP contribution in [-0.2, 0) is 10.3 Å². The number of carbonyl (C=O) groups is 1. The summed E-state index contributed by atoms with van der Waals surface area (Å²) < 4.78 is 14.8. The van der Waals surface area contributed by atoms with Crippen molar-refractivity contribution in [3.63, 3.8) is 0 Å². The van der Waals surface area contributed by atoms with Crippen molar-refractivity contribution in [1.82, 2.24) is 4.98 Å². The van der Waals surface area contributed by atoms with Gasteiger partial charge in [-0.1, -0.05) is 48.5 Å². The number of aromatic nitrogens is 1. The molecule has 0 bridgehead atoms. The van der Waals surface area contributed by atoms with Crippen molar-refractivity contribution in [2.24, 2.45) is 4.99 Å². The van der Waals surface area contributed by atoms with Crippen molar-refractivity contribution in [2.45, 2.75) is 12.5 Å². The molecule has 2 heterocycles. The molecule has 142 valence electrons. The second-order valence-corrected chi connectivity index (χ2v) is 7.26. The normalized spacial score (nSPS) is 18.7. The number of aliphatic imine (C=N–C) groups is 1. The minimum atomic E-state index is -1.24. The van der Waals surface area contributed by atoms with Gasteiger partial charge in [-0.15, -0.1) is 0 Å². The van der Waals surface area contributed by atoms with Gasteiger partial charge in [0.2, 0.25) is 0 Å². The van der Waals surface area contributed by atoms with Gasteiger partial charge in [-0.25, -0.2) is 4.39 Å². The van der Waals surface area contributed by atoms with E-state index in [1.54, 1.807) is 25.1 Å². The van der Waals surface area contributed by atoms with E-state index in [2.05, 4.69) is 10.3 Å². The molecular formula is C24H18FN3O. The molecule has 2 N–H and O–H groups in total. The molecule has 0 aliphatic carbocycles. The molecule has 0 saturated carbocycles. The quantitative estimate of drug-likeness (QED) is 0.502. The van der Waals surface area contributed by atoms with Crippen molar-refractivity contribution < 1.29 is 9.18 Å². The van der Waals surface area contributed by atoms with Crippen LogP contribution in [0.4, 0.5) is 10.1 Å². The molecule has 1 amide bonds. The highest BCUT2D eigenvalue weighted by molar-refractivity contribution is 6.20. The fourth-order valence-electron chi connectivity index (χ4n) is 3.89. The summed E-state index contributed by atoms with van der Waals surface area (Å²) in [4.78, 5) is 21.5. The molecule has 0 fully saturated rings. The van der Waals surface area contributed by atoms with E-state index in [0.29, 0.717) is 22.5 Å². The summed E-state index contributed by atoms with van der Waals surface area (Å²) in [5.41, 5.74) is 2.54. The van der Waals surface area contributed by atoms with Gasteiger partial charge in [0, 0.05) is 33.8 Å². The van der Waals surface area contributed by atoms with Gasteiger partial charge >= 0.3 is 0 Å². The predicted molar refractivity (Wildman–Crippen MR) is 113 cm³/mol. The lowest BCUT2D eigenvalue weighted by atomic mass is 9.90. The zero-order chi connectivity index (χ0) is 20.0. The fraction of sp³-hybridized carbons (Fsp3) is 0.0833. The highest BCUT2D eigenvalue weighted by Gasteiger charge is 2.40. The number of fused-ring (bicyclic) bond motifs is 2. The number of aromatic amines is 1. The number of carbonyl (C=O) groups excluding carboxylic acids is 1. The summed E-state index contributed by atoms with van der Waals surface area (Å²) in [7, 11) is 0. The van der Waals surface area contributed by atoms with E-state index < -0.39 is 5.54 Å². The Morgan fingerprint density at radius 2 is 1.59 bits per heavy atom. The zero-order valence-corrected chi connectivity index (χ0v) is 15.7. The first-order valence-electron chi connectivity index (χ1n) is 9.40. The van der Waals surface area contributed by atoms with Gasteiger partial charge in [0.1, 0.15) is 5.82 Å². The van der Waals surface area contributed by atoms with Crippen molar-refractivity contribution in [3.8, 4) is 0 Å². The summed E-state index contributed by atoms with van der Waals surface area (Å²) in [6.07, 6.45) is 1.81. The Bertz CT molecular complexity index is 1290. The Morgan fingerprint density at radius 3 is 2.41 bits per heavy atom. The number of hydrogen-bond acceptors (Lipinski definition) is 2. The lowest BCUT2D eigenvalue weighted by Crippen LogP contribution is -2.35. The first kappa shape index (κ1) is 17.4. The van der Waals surface area contributed by atoms with Gasteiger partial charge in [-0.2, -0.15) is 0 Å². The number of benzodiazepines with no additional fused rings is 1. The first-order valence-corrected chi connectivity index (χ1v) is 9.40. The van der Waals surface area contributed by atoms with E-state index in [1.165, 1.54) is 6.07 Å². The molecule has 1 aliphatic rings. The van der Waals surface area contributed by atoms with Crippen LogP contribution in [0.3, 0.4) is 0 Å². The van der Waals surface area contributed by atoms with Gasteiger partial charge in [0.25, 0.3) is 5.91 Å². The molecule has 0 radical (unpaired) electrons. The van der Waals surface area contributed by atoms with Gasteiger partial charge in [0.05, 0.1) is 11.4 Å². The molecule has 29 heavy (non-hydrogen) atoms. The molecular weight excluding hydrogens is 365 g/mol. The van der Waals surface area contributed by atoms with E-state index >= 15 is 0 Å². The van der Waals surface area contributed by atoms with Crippen LogP contribution in [0.15, 0.2) is 84.0 Å². The number of H-pyrrole nitrogens is 1. The van der Waals surface area contributed by atoms with E-state index in [-0.39, 0.29) is 11.7 Å². The average Bonchev–Trinajstić information content (AvgIpc) is 3.13.